The number of ether oxygens (including phenoxy) is 2. The zero-order valence-electron chi connectivity index (χ0n) is 15.3. The molecule has 5 heteroatoms. The molecule has 140 valence electrons. The van der Waals surface area contributed by atoms with E-state index < -0.39 is 12.6 Å². The number of para-hydroxylation sites is 1. The van der Waals surface area contributed by atoms with Gasteiger partial charge in [-0.05, 0) is 24.3 Å². The lowest BCUT2D eigenvalue weighted by molar-refractivity contribution is 0.0474. The van der Waals surface area contributed by atoms with E-state index in [9.17, 15) is 14.4 Å². The molecule has 0 aliphatic heterocycles. The predicted molar refractivity (Wildman–Crippen MR) is 104 cm³/mol. The monoisotopic (exact) mass is 374 g/mol. The molecule has 0 fully saturated rings. The van der Waals surface area contributed by atoms with Gasteiger partial charge in [0.25, 0.3) is 0 Å². The zero-order valence-corrected chi connectivity index (χ0v) is 15.3. The average Bonchev–Trinajstić information content (AvgIpc) is 2.77. The zero-order chi connectivity index (χ0) is 19.9. The van der Waals surface area contributed by atoms with Crippen LogP contribution in [0.2, 0.25) is 0 Å². The Hall–Kier alpha value is -3.73. The molecule has 3 rings (SSSR count). The molecule has 3 aromatic rings. The van der Waals surface area contributed by atoms with Crippen molar-refractivity contribution < 1.29 is 23.9 Å². The fraction of sp³-hybridized carbons (Fsp3) is 0.0870. The second-order valence-corrected chi connectivity index (χ2v) is 5.97. The Morgan fingerprint density at radius 1 is 0.714 bits per heavy atom. The largest absolute Gasteiger partial charge is 0.496 e. The Morgan fingerprint density at radius 2 is 1.29 bits per heavy atom. The van der Waals surface area contributed by atoms with Crippen LogP contribution in [0, 0.1) is 0 Å². The van der Waals surface area contributed by atoms with E-state index in [1.807, 2.05) is 6.07 Å². The predicted octanol–water partition coefficient (Wildman–Crippen LogP) is 3.97. The van der Waals surface area contributed by atoms with Gasteiger partial charge in [0.05, 0.1) is 18.2 Å². The number of carbonyl (C=O) groups excluding carboxylic acids is 3. The summed E-state index contributed by atoms with van der Waals surface area (Å²) in [7, 11) is 1.47. The normalized spacial score (nSPS) is 10.2. The van der Waals surface area contributed by atoms with E-state index in [2.05, 4.69) is 0 Å². The standard InChI is InChI=1S/C23H18O5/c1-27-21-10-6-5-9-19(21)20(24)15-28-23(26)18-13-11-17(12-14-18)22(25)16-7-3-2-4-8-16/h2-14H,15H2,1H3. The van der Waals surface area contributed by atoms with Gasteiger partial charge < -0.3 is 9.47 Å². The SMILES string of the molecule is COc1ccccc1C(=O)COC(=O)c1ccc(C(=O)c2ccccc2)cc1. The van der Waals surface area contributed by atoms with Crippen molar-refractivity contribution in [1.82, 2.24) is 0 Å². The van der Waals surface area contributed by atoms with Gasteiger partial charge in [-0.1, -0.05) is 54.6 Å². The quantitative estimate of drug-likeness (QED) is 0.462. The fourth-order valence-electron chi connectivity index (χ4n) is 2.68. The molecule has 0 aliphatic carbocycles. The summed E-state index contributed by atoms with van der Waals surface area (Å²) < 4.78 is 10.2. The minimum atomic E-state index is -0.637. The van der Waals surface area contributed by atoms with Gasteiger partial charge in [-0.25, -0.2) is 4.79 Å². The number of rotatable bonds is 7. The van der Waals surface area contributed by atoms with E-state index in [4.69, 9.17) is 9.47 Å². The molecule has 0 saturated heterocycles. The molecular formula is C23H18O5. The molecule has 0 amide bonds. The van der Waals surface area contributed by atoms with Crippen LogP contribution in [0.15, 0.2) is 78.9 Å². The van der Waals surface area contributed by atoms with Crippen molar-refractivity contribution in [2.45, 2.75) is 0 Å². The maximum absolute atomic E-state index is 12.4. The highest BCUT2D eigenvalue weighted by molar-refractivity contribution is 6.09. The first-order chi connectivity index (χ1) is 13.6. The molecule has 0 heterocycles. The van der Waals surface area contributed by atoms with Gasteiger partial charge in [-0.3, -0.25) is 9.59 Å². The molecule has 3 aromatic carbocycles. The summed E-state index contributed by atoms with van der Waals surface area (Å²) in [5.74, 6) is -0.706. The molecule has 0 saturated carbocycles. The van der Waals surface area contributed by atoms with E-state index in [1.54, 1.807) is 60.7 Å². The van der Waals surface area contributed by atoms with Gasteiger partial charge in [0.2, 0.25) is 5.78 Å². The number of benzene rings is 3. The van der Waals surface area contributed by atoms with Crippen LogP contribution in [0.4, 0.5) is 0 Å². The minimum Gasteiger partial charge on any atom is -0.496 e. The topological polar surface area (TPSA) is 69.7 Å². The fourth-order valence-corrected chi connectivity index (χ4v) is 2.68. The molecule has 0 spiro atoms. The molecule has 0 aliphatic rings. The lowest BCUT2D eigenvalue weighted by Gasteiger charge is -2.08. The summed E-state index contributed by atoms with van der Waals surface area (Å²) in [6.45, 7) is -0.399. The Bertz CT molecular complexity index is 991. The van der Waals surface area contributed by atoms with Crippen molar-refractivity contribution in [3.8, 4) is 5.75 Å². The summed E-state index contributed by atoms with van der Waals surface area (Å²) in [6.07, 6.45) is 0. The number of hydrogen-bond donors (Lipinski definition) is 0. The van der Waals surface area contributed by atoms with E-state index in [0.717, 1.165) is 0 Å². The Morgan fingerprint density at radius 3 is 1.96 bits per heavy atom. The van der Waals surface area contributed by atoms with Crippen LogP contribution in [-0.2, 0) is 4.74 Å². The Labute approximate surface area is 162 Å². The van der Waals surface area contributed by atoms with E-state index in [0.29, 0.717) is 22.4 Å². The first-order valence-corrected chi connectivity index (χ1v) is 8.63. The summed E-state index contributed by atoms with van der Waals surface area (Å²) >= 11 is 0. The van der Waals surface area contributed by atoms with E-state index in [1.165, 1.54) is 19.2 Å². The van der Waals surface area contributed by atoms with Gasteiger partial charge in [0, 0.05) is 11.1 Å². The van der Waals surface area contributed by atoms with Gasteiger partial charge >= 0.3 is 5.97 Å². The van der Waals surface area contributed by atoms with Crippen molar-refractivity contribution in [2.75, 3.05) is 13.7 Å². The van der Waals surface area contributed by atoms with E-state index >= 15 is 0 Å². The summed E-state index contributed by atoms with van der Waals surface area (Å²) in [5.41, 5.74) is 1.65. The highest BCUT2D eigenvalue weighted by Gasteiger charge is 2.16. The Balaban J connectivity index is 1.63. The highest BCUT2D eigenvalue weighted by Crippen LogP contribution is 2.18. The van der Waals surface area contributed by atoms with Crippen molar-refractivity contribution in [2.24, 2.45) is 0 Å². The van der Waals surface area contributed by atoms with Crippen molar-refractivity contribution in [3.05, 3.63) is 101 Å². The third kappa shape index (κ3) is 4.32. The third-order valence-corrected chi connectivity index (χ3v) is 4.16. The second-order valence-electron chi connectivity index (χ2n) is 5.97. The van der Waals surface area contributed by atoms with Crippen LogP contribution in [0.3, 0.4) is 0 Å². The molecule has 0 unspecified atom stereocenters. The third-order valence-electron chi connectivity index (χ3n) is 4.16. The average molecular weight is 374 g/mol. The van der Waals surface area contributed by atoms with Crippen LogP contribution < -0.4 is 4.74 Å². The molecule has 0 aromatic heterocycles. The summed E-state index contributed by atoms with van der Waals surface area (Å²) in [5, 5.41) is 0. The molecular weight excluding hydrogens is 356 g/mol. The molecule has 0 bridgehead atoms. The molecule has 0 N–H and O–H groups in total. The van der Waals surface area contributed by atoms with Crippen LogP contribution in [0.25, 0.3) is 0 Å². The highest BCUT2D eigenvalue weighted by atomic mass is 16.5. The summed E-state index contributed by atoms with van der Waals surface area (Å²) in [4.78, 5) is 36.8. The van der Waals surface area contributed by atoms with Gasteiger partial charge in [-0.2, -0.15) is 0 Å². The van der Waals surface area contributed by atoms with Crippen molar-refractivity contribution in [3.63, 3.8) is 0 Å². The summed E-state index contributed by atoms with van der Waals surface area (Å²) in [6, 6.07) is 21.7. The maximum atomic E-state index is 12.4. The van der Waals surface area contributed by atoms with Crippen LogP contribution in [0.5, 0.6) is 5.75 Å². The number of methoxy groups -OCH3 is 1. The van der Waals surface area contributed by atoms with E-state index in [-0.39, 0.29) is 17.1 Å². The number of ketones is 2. The first-order valence-electron chi connectivity index (χ1n) is 8.63. The number of carbonyl (C=O) groups is 3. The van der Waals surface area contributed by atoms with Gasteiger partial charge in [0.1, 0.15) is 5.75 Å². The molecule has 0 atom stereocenters. The molecule has 5 nitrogen and oxygen atoms in total. The van der Waals surface area contributed by atoms with Crippen LogP contribution in [0.1, 0.15) is 36.6 Å². The van der Waals surface area contributed by atoms with Gasteiger partial charge in [-0.15, -0.1) is 0 Å². The number of hydrogen-bond acceptors (Lipinski definition) is 5. The number of esters is 1. The van der Waals surface area contributed by atoms with Crippen LogP contribution in [-0.4, -0.2) is 31.3 Å². The lowest BCUT2D eigenvalue weighted by Crippen LogP contribution is -2.15. The second kappa shape index (κ2) is 8.77. The van der Waals surface area contributed by atoms with Crippen LogP contribution >= 0.6 is 0 Å². The smallest absolute Gasteiger partial charge is 0.338 e. The van der Waals surface area contributed by atoms with Crippen molar-refractivity contribution >= 4 is 17.5 Å². The number of Topliss-reactive ketones (excluding diaryl/α,β-unsaturated/α-hetero) is 1. The molecule has 28 heavy (non-hydrogen) atoms. The maximum Gasteiger partial charge on any atom is 0.338 e. The van der Waals surface area contributed by atoms with Gasteiger partial charge in [0.15, 0.2) is 12.4 Å². The lowest BCUT2D eigenvalue weighted by atomic mass is 10.0. The molecule has 0 radical (unpaired) electrons. The van der Waals surface area contributed by atoms with Crippen molar-refractivity contribution in [1.29, 1.82) is 0 Å². The first kappa shape index (κ1) is 19.0. The Kier molecular flexibility index (Phi) is 5.97. The minimum absolute atomic E-state index is 0.133.